The number of hydrogen-bond acceptors (Lipinski definition) is 2. The Kier molecular flexibility index (Phi) is 7.26. The summed E-state index contributed by atoms with van der Waals surface area (Å²) in [5, 5.41) is 9.14. The average Bonchev–Trinajstić information content (AvgIpc) is 3.87. The molecule has 12 aromatic rings. The maximum atomic E-state index is 6.70. The third-order valence-electron chi connectivity index (χ3n) is 11.9. The molecule has 0 atom stereocenters. The summed E-state index contributed by atoms with van der Waals surface area (Å²) in [6.07, 6.45) is 0. The molecule has 12 rings (SSSR count). The first-order valence-corrected chi connectivity index (χ1v) is 19.8. The lowest BCUT2D eigenvalue weighted by Gasteiger charge is -2.22. The van der Waals surface area contributed by atoms with Gasteiger partial charge in [0.25, 0.3) is 0 Å². The number of benzene rings is 10. The summed E-state index contributed by atoms with van der Waals surface area (Å²) >= 11 is 0. The third-order valence-corrected chi connectivity index (χ3v) is 11.9. The number of hydrogen-bond donors (Lipinski definition) is 0. The largest absolute Gasteiger partial charge is 0.455 e. The van der Waals surface area contributed by atoms with Crippen LogP contribution in [0.5, 0.6) is 0 Å². The summed E-state index contributed by atoms with van der Waals surface area (Å²) in [5.41, 5.74) is 15.1. The van der Waals surface area contributed by atoms with Crippen LogP contribution in [0.15, 0.2) is 215 Å². The van der Waals surface area contributed by atoms with Gasteiger partial charge in [-0.25, -0.2) is 0 Å². The predicted octanol–water partition coefficient (Wildman–Crippen LogP) is 16.1. The second kappa shape index (κ2) is 12.9. The van der Waals surface area contributed by atoms with Crippen molar-refractivity contribution in [3.8, 4) is 55.6 Å². The van der Waals surface area contributed by atoms with Gasteiger partial charge in [-0.2, -0.15) is 0 Å². The average molecular weight is 739 g/mol. The molecule has 2 aromatic heterocycles. The van der Waals surface area contributed by atoms with Gasteiger partial charge in [-0.05, 0) is 84.3 Å². The van der Waals surface area contributed by atoms with Crippen molar-refractivity contribution in [2.45, 2.75) is 0 Å². The summed E-state index contributed by atoms with van der Waals surface area (Å²) in [6, 6.07) is 74.0. The van der Waals surface area contributed by atoms with Gasteiger partial charge in [0.05, 0.1) is 0 Å². The molecular formula is C56H34O2. The molecule has 2 nitrogen and oxygen atoms in total. The van der Waals surface area contributed by atoms with E-state index in [1.165, 1.54) is 44.2 Å². The molecule has 58 heavy (non-hydrogen) atoms. The van der Waals surface area contributed by atoms with Crippen LogP contribution in [0.3, 0.4) is 0 Å². The van der Waals surface area contributed by atoms with E-state index in [1.807, 2.05) is 12.1 Å². The Bertz CT molecular complexity index is 3320. The summed E-state index contributed by atoms with van der Waals surface area (Å²) < 4.78 is 13.4. The standard InChI is InChI=1S/C56H34O2/c1-3-16-35(17-4-1)37-22-11-23-38(36-18-5-2-6-19-36)53(37)54-43-26-12-24-39(45-28-14-30-47-41-20-7-9-32-51(41)57-55(45)47)49(43)34-50-40(25-13-27-44(50)54)46-29-15-31-48-42-21-8-10-33-52(42)58-56(46)48/h1-34H. The molecule has 0 saturated carbocycles. The van der Waals surface area contributed by atoms with Crippen LogP contribution < -0.4 is 0 Å². The zero-order chi connectivity index (χ0) is 38.2. The normalized spacial score (nSPS) is 11.8. The first kappa shape index (κ1) is 32.6. The molecule has 0 aliphatic rings. The van der Waals surface area contributed by atoms with E-state index in [0.717, 1.165) is 76.9 Å². The quantitative estimate of drug-likeness (QED) is 0.164. The molecule has 0 spiro atoms. The number of fused-ring (bicyclic) bond motifs is 8. The SMILES string of the molecule is c1ccc(-c2cccc(-c3ccccc3)c2-c2c3cccc(-c4cccc5c4oc4ccccc45)c3cc3c(-c4cccc5c4oc4ccccc45)cccc23)cc1. The molecule has 10 aromatic carbocycles. The molecule has 0 fully saturated rings. The Labute approximate surface area is 334 Å². The minimum absolute atomic E-state index is 0.891. The fraction of sp³-hybridized carbons (Fsp3) is 0. The Morgan fingerprint density at radius 3 is 1.07 bits per heavy atom. The van der Waals surface area contributed by atoms with Crippen LogP contribution in [0, 0.1) is 0 Å². The number of para-hydroxylation sites is 4. The lowest BCUT2D eigenvalue weighted by atomic mass is 9.81. The van der Waals surface area contributed by atoms with E-state index in [1.54, 1.807) is 0 Å². The van der Waals surface area contributed by atoms with Gasteiger partial charge < -0.3 is 8.83 Å². The van der Waals surface area contributed by atoms with Crippen molar-refractivity contribution < 1.29 is 8.83 Å². The van der Waals surface area contributed by atoms with Crippen molar-refractivity contribution in [3.63, 3.8) is 0 Å². The lowest BCUT2D eigenvalue weighted by Crippen LogP contribution is -1.95. The molecule has 2 heteroatoms. The highest BCUT2D eigenvalue weighted by Gasteiger charge is 2.23. The minimum atomic E-state index is 0.891. The van der Waals surface area contributed by atoms with Crippen LogP contribution in [0.2, 0.25) is 0 Å². The van der Waals surface area contributed by atoms with Crippen molar-refractivity contribution in [2.75, 3.05) is 0 Å². The van der Waals surface area contributed by atoms with Crippen LogP contribution in [-0.2, 0) is 0 Å². The topological polar surface area (TPSA) is 26.3 Å². The van der Waals surface area contributed by atoms with Crippen LogP contribution in [0.1, 0.15) is 0 Å². The molecular weight excluding hydrogens is 705 g/mol. The second-order valence-corrected chi connectivity index (χ2v) is 15.1. The number of furan rings is 2. The first-order chi connectivity index (χ1) is 28.8. The first-order valence-electron chi connectivity index (χ1n) is 19.8. The smallest absolute Gasteiger partial charge is 0.143 e. The fourth-order valence-electron chi connectivity index (χ4n) is 9.36. The predicted molar refractivity (Wildman–Crippen MR) is 243 cm³/mol. The zero-order valence-corrected chi connectivity index (χ0v) is 31.4. The fourth-order valence-corrected chi connectivity index (χ4v) is 9.36. The van der Waals surface area contributed by atoms with E-state index < -0.39 is 0 Å². The molecule has 2 heterocycles. The molecule has 0 amide bonds. The van der Waals surface area contributed by atoms with Gasteiger partial charge in [-0.1, -0.05) is 188 Å². The van der Waals surface area contributed by atoms with Crippen LogP contribution in [0.4, 0.5) is 0 Å². The van der Waals surface area contributed by atoms with E-state index in [0.29, 0.717) is 0 Å². The molecule has 0 aliphatic carbocycles. The van der Waals surface area contributed by atoms with Gasteiger partial charge in [-0.15, -0.1) is 0 Å². The third kappa shape index (κ3) is 4.92. The zero-order valence-electron chi connectivity index (χ0n) is 31.4. The summed E-state index contributed by atoms with van der Waals surface area (Å²) in [4.78, 5) is 0. The maximum absolute atomic E-state index is 6.70. The van der Waals surface area contributed by atoms with E-state index in [9.17, 15) is 0 Å². The molecule has 0 saturated heterocycles. The van der Waals surface area contributed by atoms with Gasteiger partial charge in [0, 0.05) is 32.7 Å². The summed E-state index contributed by atoms with van der Waals surface area (Å²) in [6.45, 7) is 0. The highest BCUT2D eigenvalue weighted by Crippen LogP contribution is 2.50. The highest BCUT2D eigenvalue weighted by atomic mass is 16.3. The van der Waals surface area contributed by atoms with E-state index in [4.69, 9.17) is 8.83 Å². The van der Waals surface area contributed by atoms with Gasteiger partial charge in [0.15, 0.2) is 0 Å². The van der Waals surface area contributed by atoms with Gasteiger partial charge in [-0.3, -0.25) is 0 Å². The monoisotopic (exact) mass is 738 g/mol. The Morgan fingerprint density at radius 2 is 0.586 bits per heavy atom. The lowest BCUT2D eigenvalue weighted by molar-refractivity contribution is 0.669. The molecule has 0 radical (unpaired) electrons. The highest BCUT2D eigenvalue weighted by molar-refractivity contribution is 6.24. The Balaban J connectivity index is 1.26. The van der Waals surface area contributed by atoms with Crippen LogP contribution in [-0.4, -0.2) is 0 Å². The van der Waals surface area contributed by atoms with E-state index >= 15 is 0 Å². The molecule has 0 N–H and O–H groups in total. The van der Waals surface area contributed by atoms with Gasteiger partial charge >= 0.3 is 0 Å². The van der Waals surface area contributed by atoms with Crippen molar-refractivity contribution in [1.82, 2.24) is 0 Å². The maximum Gasteiger partial charge on any atom is 0.143 e. The summed E-state index contributed by atoms with van der Waals surface area (Å²) in [7, 11) is 0. The van der Waals surface area contributed by atoms with Crippen LogP contribution >= 0.6 is 0 Å². The number of rotatable bonds is 5. The molecule has 0 aliphatic heterocycles. The van der Waals surface area contributed by atoms with Crippen molar-refractivity contribution in [3.05, 3.63) is 206 Å². The van der Waals surface area contributed by atoms with Crippen molar-refractivity contribution in [1.29, 1.82) is 0 Å². The van der Waals surface area contributed by atoms with Gasteiger partial charge in [0.1, 0.15) is 22.3 Å². The van der Waals surface area contributed by atoms with E-state index in [-0.39, 0.29) is 0 Å². The Hall–Kier alpha value is -7.68. The molecule has 270 valence electrons. The van der Waals surface area contributed by atoms with Crippen molar-refractivity contribution >= 4 is 65.4 Å². The Morgan fingerprint density at radius 1 is 0.224 bits per heavy atom. The second-order valence-electron chi connectivity index (χ2n) is 15.1. The minimum Gasteiger partial charge on any atom is -0.455 e. The molecule has 0 bridgehead atoms. The van der Waals surface area contributed by atoms with Gasteiger partial charge in [0.2, 0.25) is 0 Å². The molecule has 0 unspecified atom stereocenters. The van der Waals surface area contributed by atoms with E-state index in [2.05, 4.69) is 194 Å². The van der Waals surface area contributed by atoms with Crippen LogP contribution in [0.25, 0.3) is 121 Å². The van der Waals surface area contributed by atoms with Crippen molar-refractivity contribution in [2.24, 2.45) is 0 Å². The summed E-state index contributed by atoms with van der Waals surface area (Å²) in [5.74, 6) is 0.